The van der Waals surface area contributed by atoms with Gasteiger partial charge >= 0.3 is 0 Å². The molecule has 1 aromatic heterocycles. The molecular formula is C13H11BrClN3O2. The maximum atomic E-state index is 11.8. The summed E-state index contributed by atoms with van der Waals surface area (Å²) in [6.45, 7) is 0.311. The number of aromatic nitrogens is 2. The lowest BCUT2D eigenvalue weighted by Crippen LogP contribution is -2.32. The minimum Gasteiger partial charge on any atom is -0.350 e. The average molecular weight is 357 g/mol. The van der Waals surface area contributed by atoms with E-state index in [0.29, 0.717) is 6.54 Å². The number of carbonyl (C=O) groups excluding carboxylic acids is 1. The van der Waals surface area contributed by atoms with Crippen molar-refractivity contribution in [1.29, 1.82) is 0 Å². The molecule has 2 rings (SSSR count). The third-order valence-electron chi connectivity index (χ3n) is 2.59. The first-order valence-electron chi connectivity index (χ1n) is 5.79. The highest BCUT2D eigenvalue weighted by Crippen LogP contribution is 2.13. The second kappa shape index (κ2) is 6.67. The van der Waals surface area contributed by atoms with Gasteiger partial charge in [-0.3, -0.25) is 14.2 Å². The summed E-state index contributed by atoms with van der Waals surface area (Å²) < 4.78 is 1.34. The number of hydrogen-bond acceptors (Lipinski definition) is 3. The topological polar surface area (TPSA) is 64.0 Å². The highest BCUT2D eigenvalue weighted by Gasteiger charge is 2.09. The number of hydrogen-bond donors (Lipinski definition) is 1. The summed E-state index contributed by atoms with van der Waals surface area (Å²) in [5, 5.41) is 2.81. The smallest absolute Gasteiger partial charge is 0.269 e. The van der Waals surface area contributed by atoms with Gasteiger partial charge < -0.3 is 5.32 Å². The quantitative estimate of drug-likeness (QED) is 0.852. The second-order valence-corrected chi connectivity index (χ2v) is 5.20. The number of halogens is 2. The van der Waals surface area contributed by atoms with Crippen molar-refractivity contribution in [2.45, 2.75) is 13.1 Å². The van der Waals surface area contributed by atoms with Crippen LogP contribution in [-0.2, 0) is 17.9 Å². The molecule has 0 aliphatic carbocycles. The summed E-state index contributed by atoms with van der Waals surface area (Å²) in [5.74, 6) is -0.271. The van der Waals surface area contributed by atoms with Crippen LogP contribution in [0.2, 0.25) is 5.15 Å². The summed E-state index contributed by atoms with van der Waals surface area (Å²) in [5.41, 5.74) is 0.600. The Kier molecular flexibility index (Phi) is 4.92. The zero-order chi connectivity index (χ0) is 14.5. The second-order valence-electron chi connectivity index (χ2n) is 4.04. The van der Waals surface area contributed by atoms with Crippen molar-refractivity contribution in [3.63, 3.8) is 0 Å². The van der Waals surface area contributed by atoms with E-state index in [1.165, 1.54) is 10.9 Å². The lowest BCUT2D eigenvalue weighted by atomic mass is 10.2. The van der Waals surface area contributed by atoms with E-state index in [4.69, 9.17) is 11.6 Å². The van der Waals surface area contributed by atoms with Crippen molar-refractivity contribution in [3.8, 4) is 0 Å². The summed E-state index contributed by atoms with van der Waals surface area (Å²) in [6.07, 6.45) is 1.25. The Morgan fingerprint density at radius 3 is 2.75 bits per heavy atom. The Hall–Kier alpha value is -1.66. The SMILES string of the molecule is O=C(Cn1cnc(Cl)c(Br)c1=O)NCc1ccccc1. The van der Waals surface area contributed by atoms with E-state index in [9.17, 15) is 9.59 Å². The number of benzene rings is 1. The maximum absolute atomic E-state index is 11.8. The number of rotatable bonds is 4. The van der Waals surface area contributed by atoms with Crippen molar-refractivity contribution in [2.24, 2.45) is 0 Å². The van der Waals surface area contributed by atoms with E-state index >= 15 is 0 Å². The Bertz CT molecular complexity index is 673. The van der Waals surface area contributed by atoms with Gasteiger partial charge in [-0.1, -0.05) is 41.9 Å². The molecule has 7 heteroatoms. The Labute approximate surface area is 128 Å². The predicted molar refractivity (Wildman–Crippen MR) is 79.5 cm³/mol. The van der Waals surface area contributed by atoms with Gasteiger partial charge in [0.2, 0.25) is 5.91 Å². The van der Waals surface area contributed by atoms with Crippen molar-refractivity contribution in [3.05, 3.63) is 62.2 Å². The molecule has 1 aromatic carbocycles. The van der Waals surface area contributed by atoms with Crippen LogP contribution in [0.1, 0.15) is 5.56 Å². The molecule has 1 heterocycles. The third kappa shape index (κ3) is 3.68. The highest BCUT2D eigenvalue weighted by molar-refractivity contribution is 9.10. The van der Waals surface area contributed by atoms with Crippen LogP contribution >= 0.6 is 27.5 Å². The van der Waals surface area contributed by atoms with Crippen LogP contribution in [0, 0.1) is 0 Å². The molecule has 20 heavy (non-hydrogen) atoms. The lowest BCUT2D eigenvalue weighted by Gasteiger charge is -2.07. The molecule has 0 radical (unpaired) electrons. The molecule has 2 aromatic rings. The van der Waals surface area contributed by atoms with Gasteiger partial charge in [0.05, 0.1) is 6.33 Å². The molecule has 0 spiro atoms. The van der Waals surface area contributed by atoms with Gasteiger partial charge in [0.1, 0.15) is 11.0 Å². The largest absolute Gasteiger partial charge is 0.350 e. The van der Waals surface area contributed by atoms with Crippen LogP contribution in [0.25, 0.3) is 0 Å². The van der Waals surface area contributed by atoms with Crippen molar-refractivity contribution in [1.82, 2.24) is 14.9 Å². The van der Waals surface area contributed by atoms with Crippen LogP contribution in [0.3, 0.4) is 0 Å². The van der Waals surface area contributed by atoms with Gasteiger partial charge in [-0.15, -0.1) is 0 Å². The molecule has 0 saturated carbocycles. The van der Waals surface area contributed by atoms with Gasteiger partial charge in [-0.25, -0.2) is 4.98 Å². The molecule has 1 amide bonds. The molecular weight excluding hydrogens is 346 g/mol. The van der Waals surface area contributed by atoms with E-state index in [1.54, 1.807) is 0 Å². The van der Waals surface area contributed by atoms with E-state index in [0.717, 1.165) is 5.56 Å². The fourth-order valence-electron chi connectivity index (χ4n) is 1.56. The number of carbonyl (C=O) groups is 1. The average Bonchev–Trinajstić information content (AvgIpc) is 2.47. The predicted octanol–water partition coefficient (Wildman–Crippen LogP) is 1.98. The molecule has 0 saturated heterocycles. The Morgan fingerprint density at radius 1 is 1.35 bits per heavy atom. The zero-order valence-electron chi connectivity index (χ0n) is 10.3. The van der Waals surface area contributed by atoms with E-state index < -0.39 is 0 Å². The minimum absolute atomic E-state index is 0.0796. The van der Waals surface area contributed by atoms with Crippen LogP contribution in [0.15, 0.2) is 45.9 Å². The summed E-state index contributed by atoms with van der Waals surface area (Å²) in [7, 11) is 0. The first-order chi connectivity index (χ1) is 9.58. The van der Waals surface area contributed by atoms with Crippen molar-refractivity contribution >= 4 is 33.4 Å². The molecule has 1 N–H and O–H groups in total. The zero-order valence-corrected chi connectivity index (χ0v) is 12.7. The monoisotopic (exact) mass is 355 g/mol. The van der Waals surface area contributed by atoms with E-state index in [1.807, 2.05) is 30.3 Å². The van der Waals surface area contributed by atoms with E-state index in [2.05, 4.69) is 26.2 Å². The molecule has 0 bridgehead atoms. The summed E-state index contributed by atoms with van der Waals surface area (Å²) >= 11 is 8.73. The van der Waals surface area contributed by atoms with E-state index in [-0.39, 0.29) is 27.6 Å². The van der Waals surface area contributed by atoms with Gasteiger partial charge in [0.25, 0.3) is 5.56 Å². The molecule has 0 fully saturated rings. The molecule has 5 nitrogen and oxygen atoms in total. The number of nitrogens with one attached hydrogen (secondary N) is 1. The van der Waals surface area contributed by atoms with Crippen LogP contribution in [0.4, 0.5) is 0 Å². The fourth-order valence-corrected chi connectivity index (χ4v) is 2.02. The Balaban J connectivity index is 1.99. The first-order valence-corrected chi connectivity index (χ1v) is 6.96. The summed E-state index contributed by atoms with van der Waals surface area (Å²) in [6, 6.07) is 9.51. The fraction of sp³-hybridized carbons (Fsp3) is 0.154. The molecule has 0 unspecified atom stereocenters. The molecule has 0 aliphatic rings. The number of amides is 1. The maximum Gasteiger partial charge on any atom is 0.269 e. The van der Waals surface area contributed by atoms with Gasteiger partial charge in [-0.2, -0.15) is 0 Å². The molecule has 0 aliphatic heterocycles. The third-order valence-corrected chi connectivity index (χ3v) is 3.82. The normalized spacial score (nSPS) is 10.3. The van der Waals surface area contributed by atoms with Crippen LogP contribution in [0.5, 0.6) is 0 Å². The molecule has 104 valence electrons. The Morgan fingerprint density at radius 2 is 2.05 bits per heavy atom. The lowest BCUT2D eigenvalue weighted by molar-refractivity contribution is -0.121. The van der Waals surface area contributed by atoms with Crippen LogP contribution in [-0.4, -0.2) is 15.5 Å². The first kappa shape index (κ1) is 14.7. The van der Waals surface area contributed by atoms with Crippen molar-refractivity contribution < 1.29 is 4.79 Å². The highest BCUT2D eigenvalue weighted by atomic mass is 79.9. The minimum atomic E-state index is -0.389. The molecule has 0 atom stereocenters. The summed E-state index contributed by atoms with van der Waals surface area (Å²) in [4.78, 5) is 27.4. The van der Waals surface area contributed by atoms with Gasteiger partial charge in [0.15, 0.2) is 5.15 Å². The van der Waals surface area contributed by atoms with Crippen LogP contribution < -0.4 is 10.9 Å². The van der Waals surface area contributed by atoms with Crippen molar-refractivity contribution in [2.75, 3.05) is 0 Å². The standard InChI is InChI=1S/C13H11BrClN3O2/c14-11-12(15)17-8-18(13(11)20)7-10(19)16-6-9-4-2-1-3-5-9/h1-5,8H,6-7H2,(H,16,19). The van der Waals surface area contributed by atoms with Gasteiger partial charge in [0, 0.05) is 6.54 Å². The number of nitrogens with zero attached hydrogens (tertiary/aromatic N) is 2. The van der Waals surface area contributed by atoms with Gasteiger partial charge in [-0.05, 0) is 21.5 Å².